The highest BCUT2D eigenvalue weighted by atomic mass is 16.5. The van der Waals surface area contributed by atoms with Gasteiger partial charge in [-0.1, -0.05) is 30.3 Å². The molecule has 1 aliphatic carbocycles. The van der Waals surface area contributed by atoms with Crippen LogP contribution >= 0.6 is 0 Å². The second-order valence-corrected chi connectivity index (χ2v) is 6.26. The van der Waals surface area contributed by atoms with Crippen molar-refractivity contribution in [3.05, 3.63) is 59.8 Å². The van der Waals surface area contributed by atoms with Crippen LogP contribution in [0.5, 0.6) is 5.75 Å². The maximum Gasteiger partial charge on any atom is 0.227 e. The SMILES string of the molecule is COc1ccccc1NC(=O)C1CCc2[nH]c3ccccc3c2C1. The second kappa shape index (κ2) is 6.04. The van der Waals surface area contributed by atoms with Crippen molar-refractivity contribution in [2.24, 2.45) is 5.92 Å². The number of fused-ring (bicyclic) bond motifs is 3. The molecule has 24 heavy (non-hydrogen) atoms. The van der Waals surface area contributed by atoms with Crippen molar-refractivity contribution in [3.63, 3.8) is 0 Å². The van der Waals surface area contributed by atoms with E-state index < -0.39 is 0 Å². The first kappa shape index (κ1) is 14.8. The number of aromatic nitrogens is 1. The Morgan fingerprint density at radius 2 is 1.96 bits per heavy atom. The number of carbonyl (C=O) groups excluding carboxylic acids is 1. The summed E-state index contributed by atoms with van der Waals surface area (Å²) in [5, 5.41) is 4.27. The van der Waals surface area contributed by atoms with Crippen molar-refractivity contribution in [2.45, 2.75) is 19.3 Å². The quantitative estimate of drug-likeness (QED) is 0.768. The van der Waals surface area contributed by atoms with E-state index in [0.717, 1.165) is 30.5 Å². The third-order valence-corrected chi connectivity index (χ3v) is 4.83. The molecule has 0 radical (unpaired) electrons. The molecule has 2 N–H and O–H groups in total. The van der Waals surface area contributed by atoms with Gasteiger partial charge in [-0.25, -0.2) is 0 Å². The van der Waals surface area contributed by atoms with Crippen LogP contribution in [0, 0.1) is 5.92 Å². The summed E-state index contributed by atoms with van der Waals surface area (Å²) in [6.07, 6.45) is 2.55. The van der Waals surface area contributed by atoms with Crippen molar-refractivity contribution in [1.82, 2.24) is 4.98 Å². The number of nitrogens with one attached hydrogen (secondary N) is 2. The molecule has 2 aromatic carbocycles. The summed E-state index contributed by atoms with van der Waals surface area (Å²) in [5.74, 6) is 0.742. The molecular formula is C20H20N2O2. The number of benzene rings is 2. The first-order valence-electron chi connectivity index (χ1n) is 8.28. The second-order valence-electron chi connectivity index (χ2n) is 6.26. The first-order valence-corrected chi connectivity index (χ1v) is 8.28. The van der Waals surface area contributed by atoms with Crippen molar-refractivity contribution in [2.75, 3.05) is 12.4 Å². The third kappa shape index (κ3) is 2.54. The molecule has 4 heteroatoms. The lowest BCUT2D eigenvalue weighted by molar-refractivity contribution is -0.120. The zero-order valence-corrected chi connectivity index (χ0v) is 13.6. The van der Waals surface area contributed by atoms with E-state index >= 15 is 0 Å². The van der Waals surface area contributed by atoms with E-state index in [9.17, 15) is 4.79 Å². The molecule has 0 fully saturated rings. The standard InChI is InChI=1S/C20H20N2O2/c1-24-19-9-5-4-8-18(19)22-20(23)13-10-11-17-15(12-13)14-6-2-3-7-16(14)21-17/h2-9,13,21H,10-12H2,1H3,(H,22,23). The zero-order chi connectivity index (χ0) is 16.5. The molecule has 1 amide bonds. The molecule has 0 aliphatic heterocycles. The Bertz CT molecular complexity index is 898. The van der Waals surface area contributed by atoms with Crippen molar-refractivity contribution in [1.29, 1.82) is 0 Å². The predicted molar refractivity (Wildman–Crippen MR) is 95.4 cm³/mol. The summed E-state index contributed by atoms with van der Waals surface area (Å²) in [5.41, 5.74) is 4.46. The number of anilines is 1. The van der Waals surface area contributed by atoms with Gasteiger partial charge in [0, 0.05) is 22.5 Å². The van der Waals surface area contributed by atoms with Crippen LogP contribution in [0.25, 0.3) is 10.9 Å². The Labute approximate surface area is 140 Å². The van der Waals surface area contributed by atoms with Crippen LogP contribution < -0.4 is 10.1 Å². The number of carbonyl (C=O) groups is 1. The van der Waals surface area contributed by atoms with Gasteiger partial charge in [-0.15, -0.1) is 0 Å². The lowest BCUT2D eigenvalue weighted by atomic mass is 9.86. The number of aromatic amines is 1. The highest BCUT2D eigenvalue weighted by Gasteiger charge is 2.27. The van der Waals surface area contributed by atoms with E-state index in [1.165, 1.54) is 16.6 Å². The molecule has 0 saturated carbocycles. The summed E-state index contributed by atoms with van der Waals surface area (Å²) < 4.78 is 5.32. The molecule has 0 saturated heterocycles. The smallest absolute Gasteiger partial charge is 0.227 e. The number of amides is 1. The van der Waals surface area contributed by atoms with Gasteiger partial charge in [0.1, 0.15) is 5.75 Å². The number of H-pyrrole nitrogens is 1. The molecule has 122 valence electrons. The maximum absolute atomic E-state index is 12.7. The molecule has 1 unspecified atom stereocenters. The lowest BCUT2D eigenvalue weighted by Gasteiger charge is -2.22. The summed E-state index contributed by atoms with van der Waals surface area (Å²) in [6.45, 7) is 0. The molecule has 1 heterocycles. The van der Waals surface area contributed by atoms with E-state index in [1.54, 1.807) is 7.11 Å². The molecule has 4 nitrogen and oxygen atoms in total. The van der Waals surface area contributed by atoms with Crippen LogP contribution in [-0.4, -0.2) is 18.0 Å². The van der Waals surface area contributed by atoms with E-state index in [4.69, 9.17) is 4.74 Å². The van der Waals surface area contributed by atoms with Crippen LogP contribution in [0.3, 0.4) is 0 Å². The monoisotopic (exact) mass is 320 g/mol. The number of hydrogen-bond acceptors (Lipinski definition) is 2. The van der Waals surface area contributed by atoms with Gasteiger partial charge in [0.05, 0.1) is 12.8 Å². The molecule has 1 aliphatic rings. The van der Waals surface area contributed by atoms with Gasteiger partial charge in [0.25, 0.3) is 0 Å². The Morgan fingerprint density at radius 3 is 2.83 bits per heavy atom. The van der Waals surface area contributed by atoms with Gasteiger partial charge in [0.2, 0.25) is 5.91 Å². The fourth-order valence-corrected chi connectivity index (χ4v) is 3.58. The number of para-hydroxylation sites is 3. The van der Waals surface area contributed by atoms with Crippen LogP contribution in [-0.2, 0) is 17.6 Å². The van der Waals surface area contributed by atoms with Gasteiger partial charge < -0.3 is 15.0 Å². The van der Waals surface area contributed by atoms with E-state index in [-0.39, 0.29) is 11.8 Å². The minimum Gasteiger partial charge on any atom is -0.495 e. The number of aryl methyl sites for hydroxylation is 1. The molecule has 0 spiro atoms. The summed E-state index contributed by atoms with van der Waals surface area (Å²) in [4.78, 5) is 16.2. The summed E-state index contributed by atoms with van der Waals surface area (Å²) >= 11 is 0. The van der Waals surface area contributed by atoms with Gasteiger partial charge in [-0.3, -0.25) is 4.79 Å². The fraction of sp³-hybridized carbons (Fsp3) is 0.250. The molecule has 3 aromatic rings. The van der Waals surface area contributed by atoms with Crippen LogP contribution in [0.15, 0.2) is 48.5 Å². The minimum absolute atomic E-state index is 0.0124. The average molecular weight is 320 g/mol. The van der Waals surface area contributed by atoms with Gasteiger partial charge in [-0.05, 0) is 43.0 Å². The molecule has 1 atom stereocenters. The minimum atomic E-state index is -0.0124. The normalized spacial score (nSPS) is 16.6. The molecule has 0 bridgehead atoms. The highest BCUT2D eigenvalue weighted by molar-refractivity contribution is 5.95. The third-order valence-electron chi connectivity index (χ3n) is 4.83. The average Bonchev–Trinajstić information content (AvgIpc) is 3.00. The van der Waals surface area contributed by atoms with Crippen LogP contribution in [0.4, 0.5) is 5.69 Å². The van der Waals surface area contributed by atoms with E-state index in [0.29, 0.717) is 5.75 Å². The number of hydrogen-bond donors (Lipinski definition) is 2. The molecule has 4 rings (SSSR count). The van der Waals surface area contributed by atoms with Crippen molar-refractivity contribution in [3.8, 4) is 5.75 Å². The first-order chi connectivity index (χ1) is 11.8. The number of methoxy groups -OCH3 is 1. The Hall–Kier alpha value is -2.75. The van der Waals surface area contributed by atoms with Crippen LogP contribution in [0.1, 0.15) is 17.7 Å². The number of rotatable bonds is 3. The van der Waals surface area contributed by atoms with Gasteiger partial charge in [-0.2, -0.15) is 0 Å². The largest absolute Gasteiger partial charge is 0.495 e. The van der Waals surface area contributed by atoms with Crippen molar-refractivity contribution >= 4 is 22.5 Å². The zero-order valence-electron chi connectivity index (χ0n) is 13.6. The lowest BCUT2D eigenvalue weighted by Crippen LogP contribution is -2.28. The van der Waals surface area contributed by atoms with E-state index in [2.05, 4.69) is 28.5 Å². The van der Waals surface area contributed by atoms with E-state index in [1.807, 2.05) is 30.3 Å². The van der Waals surface area contributed by atoms with Crippen molar-refractivity contribution < 1.29 is 9.53 Å². The summed E-state index contributed by atoms with van der Waals surface area (Å²) in [7, 11) is 1.61. The maximum atomic E-state index is 12.7. The predicted octanol–water partition coefficient (Wildman–Crippen LogP) is 3.92. The Balaban J connectivity index is 1.57. The fourth-order valence-electron chi connectivity index (χ4n) is 3.58. The van der Waals surface area contributed by atoms with Gasteiger partial charge >= 0.3 is 0 Å². The summed E-state index contributed by atoms with van der Waals surface area (Å²) in [6, 6.07) is 15.8. The highest BCUT2D eigenvalue weighted by Crippen LogP contribution is 2.33. The topological polar surface area (TPSA) is 54.1 Å². The number of ether oxygens (including phenoxy) is 1. The molecular weight excluding hydrogens is 300 g/mol. The Kier molecular flexibility index (Phi) is 3.73. The van der Waals surface area contributed by atoms with Crippen LogP contribution in [0.2, 0.25) is 0 Å². The molecule has 1 aromatic heterocycles. The van der Waals surface area contributed by atoms with Gasteiger partial charge in [0.15, 0.2) is 0 Å². The Morgan fingerprint density at radius 1 is 1.17 bits per heavy atom.